The molecule has 1 aliphatic rings. The first kappa shape index (κ1) is 13.7. The fourth-order valence-electron chi connectivity index (χ4n) is 1.78. The molecule has 0 saturated carbocycles. The first-order chi connectivity index (χ1) is 9.08. The number of aliphatic carboxylic acids is 1. The summed E-state index contributed by atoms with van der Waals surface area (Å²) in [7, 11) is 0. The van der Waals surface area contributed by atoms with Crippen LogP contribution in [0.3, 0.4) is 0 Å². The van der Waals surface area contributed by atoms with Gasteiger partial charge in [-0.05, 0) is 13.0 Å². The van der Waals surface area contributed by atoms with Gasteiger partial charge in [-0.2, -0.15) is 0 Å². The van der Waals surface area contributed by atoms with Crippen LogP contribution in [0.15, 0.2) is 12.3 Å². The van der Waals surface area contributed by atoms with Crippen LogP contribution < -0.4 is 0 Å². The second-order valence-corrected chi connectivity index (χ2v) is 5.34. The molecule has 1 amide bonds. The standard InChI is InChI=1S/C12H14N2O4S/c1-8-13-6-9(19-8)2-3-11(15)14-4-5-18-7-10(14)12(16)17/h2-3,6,10H,4-5,7H2,1H3,(H,16,17)/b3-2+. The minimum absolute atomic E-state index is 0.0363. The maximum absolute atomic E-state index is 12.0. The number of carbonyl (C=O) groups is 2. The van der Waals surface area contributed by atoms with Crippen LogP contribution in [0.5, 0.6) is 0 Å². The third-order valence-corrected chi connectivity index (χ3v) is 3.60. The number of ether oxygens (including phenoxy) is 1. The Labute approximate surface area is 114 Å². The molecule has 19 heavy (non-hydrogen) atoms. The molecule has 1 unspecified atom stereocenters. The Bertz CT molecular complexity index is 512. The molecule has 6 nitrogen and oxygen atoms in total. The van der Waals surface area contributed by atoms with Crippen LogP contribution in [0.25, 0.3) is 6.08 Å². The van der Waals surface area contributed by atoms with Crippen LogP contribution in [0.1, 0.15) is 9.88 Å². The van der Waals surface area contributed by atoms with Gasteiger partial charge in [0.15, 0.2) is 6.04 Å². The first-order valence-corrected chi connectivity index (χ1v) is 6.61. The molecule has 1 N–H and O–H groups in total. The van der Waals surface area contributed by atoms with Gasteiger partial charge in [0.25, 0.3) is 0 Å². The number of morpholine rings is 1. The van der Waals surface area contributed by atoms with Crippen molar-refractivity contribution in [1.29, 1.82) is 0 Å². The summed E-state index contributed by atoms with van der Waals surface area (Å²) in [5.74, 6) is -1.36. The molecular weight excluding hydrogens is 268 g/mol. The normalized spacial score (nSPS) is 19.8. The number of rotatable bonds is 3. The van der Waals surface area contributed by atoms with Gasteiger partial charge in [-0.3, -0.25) is 4.79 Å². The molecular formula is C12H14N2O4S. The van der Waals surface area contributed by atoms with Gasteiger partial charge >= 0.3 is 5.97 Å². The lowest BCUT2D eigenvalue weighted by atomic mass is 10.2. The molecule has 1 aromatic heterocycles. The monoisotopic (exact) mass is 282 g/mol. The van der Waals surface area contributed by atoms with Gasteiger partial charge in [0.05, 0.1) is 18.2 Å². The minimum atomic E-state index is -1.05. The number of carboxylic acid groups (broad SMARTS) is 1. The van der Waals surface area contributed by atoms with Crippen molar-refractivity contribution >= 4 is 29.3 Å². The van der Waals surface area contributed by atoms with E-state index >= 15 is 0 Å². The van der Waals surface area contributed by atoms with Crippen molar-refractivity contribution < 1.29 is 19.4 Å². The van der Waals surface area contributed by atoms with Crippen LogP contribution in [-0.2, 0) is 14.3 Å². The van der Waals surface area contributed by atoms with Crippen LogP contribution in [0.4, 0.5) is 0 Å². The summed E-state index contributed by atoms with van der Waals surface area (Å²) >= 11 is 1.47. The Kier molecular flexibility index (Phi) is 4.28. The summed E-state index contributed by atoms with van der Waals surface area (Å²) in [5.41, 5.74) is 0. The fourth-order valence-corrected chi connectivity index (χ4v) is 2.46. The Morgan fingerprint density at radius 3 is 3.05 bits per heavy atom. The topological polar surface area (TPSA) is 79.7 Å². The number of nitrogens with zero attached hydrogens (tertiary/aromatic N) is 2. The summed E-state index contributed by atoms with van der Waals surface area (Å²) in [5, 5.41) is 9.96. The van der Waals surface area contributed by atoms with E-state index < -0.39 is 12.0 Å². The van der Waals surface area contributed by atoms with Crippen molar-refractivity contribution in [3.8, 4) is 0 Å². The number of thiazole rings is 1. The van der Waals surface area contributed by atoms with E-state index in [0.29, 0.717) is 13.2 Å². The average molecular weight is 282 g/mol. The lowest BCUT2D eigenvalue weighted by Gasteiger charge is -2.31. The predicted octanol–water partition coefficient (Wildman–Crippen LogP) is 0.777. The molecule has 7 heteroatoms. The van der Waals surface area contributed by atoms with Gasteiger partial charge in [-0.15, -0.1) is 11.3 Å². The molecule has 1 atom stereocenters. The third-order valence-electron chi connectivity index (χ3n) is 2.73. The number of aryl methyl sites for hydroxylation is 1. The van der Waals surface area contributed by atoms with Gasteiger partial charge in [0.2, 0.25) is 5.91 Å². The van der Waals surface area contributed by atoms with Gasteiger partial charge in [-0.25, -0.2) is 9.78 Å². The fraction of sp³-hybridized carbons (Fsp3) is 0.417. The van der Waals surface area contributed by atoms with Crippen LogP contribution in [0, 0.1) is 6.92 Å². The maximum atomic E-state index is 12.0. The van der Waals surface area contributed by atoms with E-state index in [1.54, 1.807) is 12.3 Å². The predicted molar refractivity (Wildman–Crippen MR) is 69.8 cm³/mol. The zero-order chi connectivity index (χ0) is 13.8. The zero-order valence-corrected chi connectivity index (χ0v) is 11.2. The number of carbonyl (C=O) groups excluding carboxylic acids is 1. The van der Waals surface area contributed by atoms with E-state index in [2.05, 4.69) is 4.98 Å². The summed E-state index contributed by atoms with van der Waals surface area (Å²) < 4.78 is 5.08. The van der Waals surface area contributed by atoms with Crippen molar-refractivity contribution in [2.45, 2.75) is 13.0 Å². The van der Waals surface area contributed by atoms with E-state index in [9.17, 15) is 9.59 Å². The molecule has 0 bridgehead atoms. The molecule has 2 rings (SSSR count). The number of hydrogen-bond acceptors (Lipinski definition) is 5. The molecule has 0 spiro atoms. The summed E-state index contributed by atoms with van der Waals surface area (Å²) in [6, 6.07) is -0.908. The number of aromatic nitrogens is 1. The molecule has 1 aromatic rings. The number of hydrogen-bond donors (Lipinski definition) is 1. The molecule has 0 radical (unpaired) electrons. The third kappa shape index (κ3) is 3.39. The summed E-state index contributed by atoms with van der Waals surface area (Å²) in [6.45, 7) is 2.58. The molecule has 1 aliphatic heterocycles. The lowest BCUT2D eigenvalue weighted by Crippen LogP contribution is -2.52. The SMILES string of the molecule is Cc1ncc(/C=C/C(=O)N2CCOCC2C(=O)O)s1. The highest BCUT2D eigenvalue weighted by Gasteiger charge is 2.31. The molecule has 0 aromatic carbocycles. The minimum Gasteiger partial charge on any atom is -0.480 e. The van der Waals surface area contributed by atoms with E-state index in [4.69, 9.17) is 9.84 Å². The van der Waals surface area contributed by atoms with Gasteiger partial charge in [-0.1, -0.05) is 0 Å². The van der Waals surface area contributed by atoms with Crippen LogP contribution in [-0.4, -0.2) is 52.7 Å². The molecule has 1 fully saturated rings. The molecule has 1 saturated heterocycles. The van der Waals surface area contributed by atoms with E-state index in [1.807, 2.05) is 6.92 Å². The molecule has 2 heterocycles. The van der Waals surface area contributed by atoms with Gasteiger partial charge < -0.3 is 14.7 Å². The van der Waals surface area contributed by atoms with Crippen molar-refractivity contribution in [3.05, 3.63) is 22.2 Å². The quantitative estimate of drug-likeness (QED) is 0.829. The Balaban J connectivity index is 2.05. The van der Waals surface area contributed by atoms with Crippen molar-refractivity contribution in [2.24, 2.45) is 0 Å². The Morgan fingerprint density at radius 2 is 2.42 bits per heavy atom. The average Bonchev–Trinajstić information content (AvgIpc) is 2.81. The zero-order valence-electron chi connectivity index (χ0n) is 10.4. The smallest absolute Gasteiger partial charge is 0.328 e. The Morgan fingerprint density at radius 1 is 1.63 bits per heavy atom. The van der Waals surface area contributed by atoms with Gasteiger partial charge in [0, 0.05) is 23.7 Å². The maximum Gasteiger partial charge on any atom is 0.328 e. The first-order valence-electron chi connectivity index (χ1n) is 5.79. The summed E-state index contributed by atoms with van der Waals surface area (Å²) in [4.78, 5) is 29.3. The van der Waals surface area contributed by atoms with Crippen LogP contribution in [0.2, 0.25) is 0 Å². The Hall–Kier alpha value is -1.73. The second-order valence-electron chi connectivity index (χ2n) is 4.08. The largest absolute Gasteiger partial charge is 0.480 e. The summed E-state index contributed by atoms with van der Waals surface area (Å²) in [6.07, 6.45) is 4.72. The van der Waals surface area contributed by atoms with Gasteiger partial charge in [0.1, 0.15) is 0 Å². The molecule has 102 valence electrons. The van der Waals surface area contributed by atoms with Crippen molar-refractivity contribution in [3.63, 3.8) is 0 Å². The van der Waals surface area contributed by atoms with E-state index in [-0.39, 0.29) is 12.5 Å². The lowest BCUT2D eigenvalue weighted by molar-refractivity contribution is -0.156. The van der Waals surface area contributed by atoms with E-state index in [1.165, 1.54) is 22.3 Å². The highest BCUT2D eigenvalue weighted by atomic mass is 32.1. The van der Waals surface area contributed by atoms with Crippen LogP contribution >= 0.6 is 11.3 Å². The highest BCUT2D eigenvalue weighted by molar-refractivity contribution is 7.12. The highest BCUT2D eigenvalue weighted by Crippen LogP contribution is 2.14. The van der Waals surface area contributed by atoms with E-state index in [0.717, 1.165) is 9.88 Å². The number of carboxylic acids is 1. The molecule has 0 aliphatic carbocycles. The van der Waals surface area contributed by atoms with Crippen molar-refractivity contribution in [1.82, 2.24) is 9.88 Å². The van der Waals surface area contributed by atoms with Crippen molar-refractivity contribution in [2.75, 3.05) is 19.8 Å². The second kappa shape index (κ2) is 5.94. The number of amides is 1.